The lowest BCUT2D eigenvalue weighted by Gasteiger charge is -2.45. The first-order valence-electron chi connectivity index (χ1n) is 11.6. The number of benzene rings is 2. The van der Waals surface area contributed by atoms with E-state index >= 15 is 0 Å². The summed E-state index contributed by atoms with van der Waals surface area (Å²) in [5.74, 6) is -0.361. The fourth-order valence-electron chi connectivity index (χ4n) is 5.77. The van der Waals surface area contributed by atoms with E-state index in [1.807, 2.05) is 12.1 Å². The molecule has 0 saturated carbocycles. The summed E-state index contributed by atoms with van der Waals surface area (Å²) in [5, 5.41) is 26.8. The highest BCUT2D eigenvalue weighted by molar-refractivity contribution is 6.00. The van der Waals surface area contributed by atoms with Gasteiger partial charge in [0.2, 0.25) is 0 Å². The molecule has 7 nitrogen and oxygen atoms in total. The minimum Gasteiger partial charge on any atom is -0.507 e. The average molecular weight is 464 g/mol. The van der Waals surface area contributed by atoms with Crippen LogP contribution >= 0.6 is 0 Å². The summed E-state index contributed by atoms with van der Waals surface area (Å²) in [7, 11) is 3.51. The minimum absolute atomic E-state index is 0.00634. The number of carbonyl (C=O) groups is 1. The van der Waals surface area contributed by atoms with Crippen LogP contribution < -0.4 is 15.5 Å². The molecule has 3 N–H and O–H groups in total. The standard InChI is InChI=1S/C26H30FN5O2/c1-25-7-8-26(2,31-25)14-17(13-25)32(4)23-6-5-21(29-30-23)19-10-15-11-20(27)18(24(34)28-3)9-16(15)12-22(19)33/h5-6,9-12,17,31,33H,7-8,13-14H2,1-4H3,(H,28,34)/t17-,25-,26+. The average Bonchev–Trinajstić information content (AvgIpc) is 3.04. The Morgan fingerprint density at radius 1 is 1.12 bits per heavy atom. The van der Waals surface area contributed by atoms with Crippen molar-refractivity contribution in [1.29, 1.82) is 0 Å². The van der Waals surface area contributed by atoms with Gasteiger partial charge in [0.05, 0.1) is 11.3 Å². The summed E-state index contributed by atoms with van der Waals surface area (Å²) >= 11 is 0. The topological polar surface area (TPSA) is 90.4 Å². The number of carbonyl (C=O) groups excluding carboxylic acids is 1. The smallest absolute Gasteiger partial charge is 0.254 e. The quantitative estimate of drug-likeness (QED) is 0.542. The molecule has 2 bridgehead atoms. The first-order valence-corrected chi connectivity index (χ1v) is 11.6. The zero-order valence-electron chi connectivity index (χ0n) is 19.9. The van der Waals surface area contributed by atoms with E-state index < -0.39 is 11.7 Å². The van der Waals surface area contributed by atoms with Gasteiger partial charge in [0.25, 0.3) is 5.91 Å². The second kappa shape index (κ2) is 7.91. The van der Waals surface area contributed by atoms with E-state index in [-0.39, 0.29) is 22.4 Å². The highest BCUT2D eigenvalue weighted by atomic mass is 19.1. The Bertz CT molecular complexity index is 1260. The second-order valence-corrected chi connectivity index (χ2v) is 10.3. The third kappa shape index (κ3) is 3.86. The molecule has 0 radical (unpaired) electrons. The highest BCUT2D eigenvalue weighted by Crippen LogP contribution is 2.44. The molecule has 1 aromatic heterocycles. The van der Waals surface area contributed by atoms with Gasteiger partial charge in [0.1, 0.15) is 11.6 Å². The molecule has 2 aliphatic rings. The summed E-state index contributed by atoms with van der Waals surface area (Å²) in [5.41, 5.74) is 1.20. The molecule has 0 spiro atoms. The number of rotatable bonds is 4. The second-order valence-electron chi connectivity index (χ2n) is 10.3. The van der Waals surface area contributed by atoms with Gasteiger partial charge >= 0.3 is 0 Å². The van der Waals surface area contributed by atoms with Crippen LogP contribution in [0.4, 0.5) is 10.2 Å². The number of piperidine rings is 1. The first-order chi connectivity index (χ1) is 16.1. The summed E-state index contributed by atoms with van der Waals surface area (Å²) in [6.45, 7) is 4.60. The van der Waals surface area contributed by atoms with Crippen molar-refractivity contribution in [1.82, 2.24) is 20.8 Å². The molecule has 3 heterocycles. The van der Waals surface area contributed by atoms with Gasteiger partial charge in [-0.3, -0.25) is 4.79 Å². The maximum atomic E-state index is 14.5. The van der Waals surface area contributed by atoms with Crippen LogP contribution in [0.2, 0.25) is 0 Å². The molecule has 178 valence electrons. The van der Waals surface area contributed by atoms with E-state index in [0.717, 1.165) is 18.7 Å². The molecule has 2 aromatic carbocycles. The number of hydrogen-bond acceptors (Lipinski definition) is 6. The molecule has 3 aromatic rings. The van der Waals surface area contributed by atoms with Crippen LogP contribution in [0, 0.1) is 5.82 Å². The Hall–Kier alpha value is -3.26. The molecule has 2 aliphatic heterocycles. The molecule has 2 fully saturated rings. The largest absolute Gasteiger partial charge is 0.507 e. The van der Waals surface area contributed by atoms with E-state index in [0.29, 0.717) is 28.1 Å². The summed E-state index contributed by atoms with van der Waals surface area (Å²) in [6, 6.07) is 10.0. The van der Waals surface area contributed by atoms with Crippen molar-refractivity contribution < 1.29 is 14.3 Å². The fraction of sp³-hybridized carbons (Fsp3) is 0.423. The van der Waals surface area contributed by atoms with Gasteiger partial charge in [-0.05, 0) is 86.7 Å². The van der Waals surface area contributed by atoms with Crippen molar-refractivity contribution in [2.24, 2.45) is 0 Å². The minimum atomic E-state index is -0.620. The zero-order chi connectivity index (χ0) is 24.3. The molecule has 2 saturated heterocycles. The maximum absolute atomic E-state index is 14.5. The first kappa shape index (κ1) is 22.5. The molecule has 1 amide bonds. The zero-order valence-corrected chi connectivity index (χ0v) is 19.9. The Morgan fingerprint density at radius 3 is 2.41 bits per heavy atom. The molecule has 0 aliphatic carbocycles. The van der Waals surface area contributed by atoms with Crippen molar-refractivity contribution >= 4 is 22.5 Å². The van der Waals surface area contributed by atoms with E-state index in [1.54, 1.807) is 6.07 Å². The fourth-order valence-corrected chi connectivity index (χ4v) is 5.77. The van der Waals surface area contributed by atoms with Gasteiger partial charge < -0.3 is 20.6 Å². The number of amides is 1. The van der Waals surface area contributed by atoms with Crippen LogP contribution in [-0.2, 0) is 0 Å². The van der Waals surface area contributed by atoms with Gasteiger partial charge in [0.15, 0.2) is 5.82 Å². The molecule has 8 heteroatoms. The molecule has 34 heavy (non-hydrogen) atoms. The SMILES string of the molecule is CNC(=O)c1cc2cc(O)c(-c3ccc(N(C)[C@H]4C[C@]5(C)CC[C@](C)(C4)N5)nn3)cc2cc1F. The Kier molecular flexibility index (Phi) is 5.24. The number of phenols is 1. The molecule has 0 unspecified atom stereocenters. The third-order valence-corrected chi connectivity index (χ3v) is 7.55. The van der Waals surface area contributed by atoms with Crippen LogP contribution in [-0.4, -0.2) is 52.4 Å². The number of aromatic nitrogens is 2. The number of anilines is 1. The predicted octanol–water partition coefficient (Wildman–Crippen LogP) is 4.00. The summed E-state index contributed by atoms with van der Waals surface area (Å²) in [4.78, 5) is 14.1. The highest BCUT2D eigenvalue weighted by Gasteiger charge is 2.49. The van der Waals surface area contributed by atoms with Crippen LogP contribution in [0.5, 0.6) is 5.75 Å². The van der Waals surface area contributed by atoms with Crippen molar-refractivity contribution in [3.8, 4) is 17.0 Å². The number of phenolic OH excluding ortho intramolecular Hbond substituents is 1. The van der Waals surface area contributed by atoms with E-state index in [2.05, 4.69) is 46.6 Å². The Morgan fingerprint density at radius 2 is 1.79 bits per heavy atom. The number of hydrogen-bond donors (Lipinski definition) is 3. The van der Waals surface area contributed by atoms with Gasteiger partial charge in [-0.15, -0.1) is 10.2 Å². The Labute approximate surface area is 198 Å². The van der Waals surface area contributed by atoms with Crippen LogP contribution in [0.3, 0.4) is 0 Å². The van der Waals surface area contributed by atoms with E-state index in [1.165, 1.54) is 38.1 Å². The van der Waals surface area contributed by atoms with Crippen molar-refractivity contribution in [2.45, 2.75) is 56.7 Å². The number of nitrogens with zero attached hydrogens (tertiary/aromatic N) is 3. The van der Waals surface area contributed by atoms with Crippen molar-refractivity contribution in [3.05, 3.63) is 47.8 Å². The molecular formula is C26H30FN5O2. The molecular weight excluding hydrogens is 433 g/mol. The number of aromatic hydroxyl groups is 1. The van der Waals surface area contributed by atoms with Gasteiger partial charge in [-0.25, -0.2) is 4.39 Å². The van der Waals surface area contributed by atoms with E-state index in [9.17, 15) is 14.3 Å². The summed E-state index contributed by atoms with van der Waals surface area (Å²) in [6.07, 6.45) is 4.48. The number of nitrogens with one attached hydrogen (secondary N) is 2. The lowest BCUT2D eigenvalue weighted by atomic mass is 9.84. The number of halogens is 1. The van der Waals surface area contributed by atoms with Crippen molar-refractivity contribution in [3.63, 3.8) is 0 Å². The molecule has 5 rings (SSSR count). The lowest BCUT2D eigenvalue weighted by Crippen LogP contribution is -2.58. The van der Waals surface area contributed by atoms with Gasteiger partial charge in [-0.2, -0.15) is 0 Å². The predicted molar refractivity (Wildman–Crippen MR) is 131 cm³/mol. The third-order valence-electron chi connectivity index (χ3n) is 7.55. The lowest BCUT2D eigenvalue weighted by molar-refractivity contribution is 0.0959. The molecule has 3 atom stereocenters. The Balaban J connectivity index is 1.42. The monoisotopic (exact) mass is 463 g/mol. The number of fused-ring (bicyclic) bond motifs is 3. The van der Waals surface area contributed by atoms with Gasteiger partial charge in [-0.1, -0.05) is 0 Å². The van der Waals surface area contributed by atoms with Gasteiger partial charge in [0, 0.05) is 36.8 Å². The van der Waals surface area contributed by atoms with Crippen molar-refractivity contribution in [2.75, 3.05) is 19.0 Å². The van der Waals surface area contributed by atoms with Crippen LogP contribution in [0.15, 0.2) is 36.4 Å². The van der Waals surface area contributed by atoms with Crippen LogP contribution in [0.25, 0.3) is 22.0 Å². The van der Waals surface area contributed by atoms with Crippen LogP contribution in [0.1, 0.15) is 49.9 Å². The summed E-state index contributed by atoms with van der Waals surface area (Å²) < 4.78 is 14.5. The maximum Gasteiger partial charge on any atom is 0.254 e. The van der Waals surface area contributed by atoms with E-state index in [4.69, 9.17) is 0 Å². The normalized spacial score (nSPS) is 26.0.